The number of halogens is 1. The van der Waals surface area contributed by atoms with E-state index >= 15 is 0 Å². The summed E-state index contributed by atoms with van der Waals surface area (Å²) in [6.45, 7) is 4.36. The van der Waals surface area contributed by atoms with Gasteiger partial charge in [-0.05, 0) is 48.9 Å². The summed E-state index contributed by atoms with van der Waals surface area (Å²) < 4.78 is 5.95. The number of imidazole rings is 3. The van der Waals surface area contributed by atoms with Crippen LogP contribution in [0.25, 0.3) is 33.1 Å². The Morgan fingerprint density at radius 1 is 0.654 bits per heavy atom. The van der Waals surface area contributed by atoms with Crippen LogP contribution >= 0.6 is 11.6 Å². The number of para-hydroxylation sites is 2. The molecule has 0 aliphatic heterocycles. The summed E-state index contributed by atoms with van der Waals surface area (Å²) in [4.78, 5) is 28.1. The van der Waals surface area contributed by atoms with Crippen LogP contribution < -0.4 is 10.2 Å². The molecule has 6 heterocycles. The fourth-order valence-electron chi connectivity index (χ4n) is 6.23. The average molecular weight is 712 g/mol. The van der Waals surface area contributed by atoms with Gasteiger partial charge in [-0.3, -0.25) is 0 Å². The molecule has 12 heteroatoms. The van der Waals surface area contributed by atoms with Crippen molar-refractivity contribution < 1.29 is 0 Å². The zero-order valence-corrected chi connectivity index (χ0v) is 30.8. The van der Waals surface area contributed by atoms with Crippen LogP contribution in [-0.4, -0.2) is 49.6 Å². The molecule has 9 rings (SSSR count). The van der Waals surface area contributed by atoms with Gasteiger partial charge in [0, 0.05) is 56.8 Å². The van der Waals surface area contributed by atoms with Crippen molar-refractivity contribution in [2.24, 2.45) is 21.1 Å². The first-order chi connectivity index (χ1) is 25.3. The molecule has 1 saturated carbocycles. The molecule has 2 aromatic carbocycles. The normalized spacial score (nSPS) is 12.3. The Bertz CT molecular complexity index is 2460. The smallest absolute Gasteiger partial charge is 0.135 e. The third kappa shape index (κ3) is 7.45. The van der Waals surface area contributed by atoms with Crippen molar-refractivity contribution in [1.82, 2.24) is 43.6 Å². The van der Waals surface area contributed by atoms with E-state index < -0.39 is 0 Å². The van der Waals surface area contributed by atoms with Gasteiger partial charge in [-0.2, -0.15) is 0 Å². The maximum atomic E-state index is 5.70. The van der Waals surface area contributed by atoms with Gasteiger partial charge in [0.05, 0.1) is 54.1 Å². The quantitative estimate of drug-likeness (QED) is 0.164. The molecule has 8 aromatic rings. The average Bonchev–Trinajstić information content (AvgIpc) is 3.71. The highest BCUT2D eigenvalue weighted by molar-refractivity contribution is 6.29. The minimum atomic E-state index is 0.501. The zero-order valence-electron chi connectivity index (χ0n) is 30.1. The highest BCUT2D eigenvalue weighted by atomic mass is 35.5. The second-order valence-corrected chi connectivity index (χ2v) is 13.3. The lowest BCUT2D eigenvalue weighted by molar-refractivity contribution is 0.922. The minimum Gasteiger partial charge on any atom is -0.340 e. The second kappa shape index (κ2) is 15.2. The Kier molecular flexibility index (Phi) is 10.1. The first-order valence-corrected chi connectivity index (χ1v) is 17.9. The molecule has 1 N–H and O–H groups in total. The first kappa shape index (κ1) is 34.6. The summed E-state index contributed by atoms with van der Waals surface area (Å²) in [6, 6.07) is 23.5. The van der Waals surface area contributed by atoms with E-state index in [2.05, 4.69) is 107 Å². The number of nitrogens with zero attached hydrogens (tertiary/aromatic N) is 10. The van der Waals surface area contributed by atoms with E-state index in [4.69, 9.17) is 11.6 Å². The van der Waals surface area contributed by atoms with Crippen molar-refractivity contribution in [2.75, 3.05) is 10.2 Å². The summed E-state index contributed by atoms with van der Waals surface area (Å²) in [7, 11) is 5.94. The molecule has 0 spiro atoms. The van der Waals surface area contributed by atoms with Crippen molar-refractivity contribution in [1.29, 1.82) is 0 Å². The Balaban J connectivity index is 0.000000128. The van der Waals surface area contributed by atoms with Crippen LogP contribution in [0.5, 0.6) is 0 Å². The molecule has 1 aliphatic rings. The molecule has 0 saturated heterocycles. The number of fused-ring (bicyclic) bond motifs is 3. The molecule has 1 aliphatic carbocycles. The van der Waals surface area contributed by atoms with Crippen molar-refractivity contribution in [3.8, 4) is 0 Å². The lowest BCUT2D eigenvalue weighted by Gasteiger charge is -2.26. The number of aromatic nitrogens is 9. The van der Waals surface area contributed by atoms with E-state index in [1.807, 2.05) is 54.9 Å². The van der Waals surface area contributed by atoms with Crippen molar-refractivity contribution in [3.05, 3.63) is 121 Å². The molecule has 264 valence electrons. The molecule has 0 radical (unpaired) electrons. The number of nitrogens with one attached hydrogen (secondary N) is 1. The summed E-state index contributed by atoms with van der Waals surface area (Å²) >= 11 is 5.70. The van der Waals surface area contributed by atoms with Crippen LogP contribution in [0.15, 0.2) is 104 Å². The number of rotatable bonds is 7. The van der Waals surface area contributed by atoms with Crippen molar-refractivity contribution >= 4 is 67.7 Å². The molecular formula is C40H42ClN11. The number of benzene rings is 2. The number of anilines is 4. The molecule has 0 atom stereocenters. The zero-order chi connectivity index (χ0) is 36.2. The fourth-order valence-corrected chi connectivity index (χ4v) is 6.38. The highest BCUT2D eigenvalue weighted by Crippen LogP contribution is 2.39. The number of aryl methyl sites for hydroxylation is 5. The lowest BCUT2D eigenvalue weighted by atomic mass is 10.1. The van der Waals surface area contributed by atoms with Gasteiger partial charge in [-0.1, -0.05) is 61.8 Å². The third-order valence-electron chi connectivity index (χ3n) is 9.24. The molecule has 6 aromatic heterocycles. The van der Waals surface area contributed by atoms with E-state index in [0.717, 1.165) is 63.3 Å². The Morgan fingerprint density at radius 3 is 1.83 bits per heavy atom. The fraction of sp³-hybridized carbons (Fsp3) is 0.250. The van der Waals surface area contributed by atoms with Crippen molar-refractivity contribution in [3.63, 3.8) is 0 Å². The van der Waals surface area contributed by atoms with E-state index in [1.165, 1.54) is 29.7 Å². The maximum Gasteiger partial charge on any atom is 0.135 e. The van der Waals surface area contributed by atoms with Crippen molar-refractivity contribution in [2.45, 2.75) is 45.6 Å². The molecule has 0 amide bonds. The van der Waals surface area contributed by atoms with Crippen LogP contribution in [-0.2, 0) is 34.0 Å². The van der Waals surface area contributed by atoms with E-state index in [9.17, 15) is 0 Å². The van der Waals surface area contributed by atoms with Crippen LogP contribution in [0.2, 0.25) is 5.15 Å². The standard InChI is InChI=1S/C18H20N4.C15H16N4.C7H6ClN3/c1-3-13-6-4-5-7-16(13)22(14-8-9-14)18-10-17-15(11-19-18)20-12-21(17)2;1-3-11-6-4-5-7-12(11)18-15-8-14-13(9-16-15)17-10-19(14)2;1-11-4-10-5-3-9-7(8)2-6(5)11/h4-7,10-12,14H,3,8-9H2,1-2H3;4-10H,3H2,1-2H3,(H,16,18);2-4H,1H3. The monoisotopic (exact) mass is 711 g/mol. The number of hydrogen-bond acceptors (Lipinski definition) is 8. The Morgan fingerprint density at radius 2 is 1.19 bits per heavy atom. The van der Waals surface area contributed by atoms with E-state index in [0.29, 0.717) is 11.2 Å². The van der Waals surface area contributed by atoms with Gasteiger partial charge in [-0.15, -0.1) is 0 Å². The van der Waals surface area contributed by atoms with Crippen LogP contribution in [0.1, 0.15) is 37.8 Å². The summed E-state index contributed by atoms with van der Waals surface area (Å²) in [5.74, 6) is 1.87. The highest BCUT2D eigenvalue weighted by Gasteiger charge is 2.32. The number of pyridine rings is 3. The molecule has 11 nitrogen and oxygen atoms in total. The lowest BCUT2D eigenvalue weighted by Crippen LogP contribution is -2.21. The topological polar surface area (TPSA) is 107 Å². The maximum absolute atomic E-state index is 5.70. The van der Waals surface area contributed by atoms with Gasteiger partial charge in [-0.25, -0.2) is 29.9 Å². The second-order valence-electron chi connectivity index (χ2n) is 12.9. The van der Waals surface area contributed by atoms with E-state index in [1.54, 1.807) is 31.1 Å². The Hall–Kier alpha value is -5.81. The first-order valence-electron chi connectivity index (χ1n) is 17.5. The SMILES string of the molecule is CCc1ccccc1N(c1cc2c(cn1)ncn2C)C1CC1.CCc1ccccc1Nc1cc2c(cn1)ncn2C.Cn1cnc2cnc(Cl)cc21. The van der Waals surface area contributed by atoms with E-state index in [-0.39, 0.29) is 0 Å². The molecular weight excluding hydrogens is 670 g/mol. The minimum absolute atomic E-state index is 0.501. The Labute approximate surface area is 308 Å². The van der Waals surface area contributed by atoms with Crippen LogP contribution in [0.4, 0.5) is 23.0 Å². The third-order valence-corrected chi connectivity index (χ3v) is 9.45. The largest absolute Gasteiger partial charge is 0.340 e. The molecule has 52 heavy (non-hydrogen) atoms. The molecule has 1 fully saturated rings. The molecule has 0 bridgehead atoms. The van der Waals surface area contributed by atoms with Gasteiger partial charge >= 0.3 is 0 Å². The summed E-state index contributed by atoms with van der Waals surface area (Å²) in [5.41, 5.74) is 11.0. The predicted octanol–water partition coefficient (Wildman–Crippen LogP) is 8.73. The van der Waals surface area contributed by atoms with Gasteiger partial charge < -0.3 is 23.9 Å². The van der Waals surface area contributed by atoms with Gasteiger partial charge in [0.1, 0.15) is 33.3 Å². The van der Waals surface area contributed by atoms with Gasteiger partial charge in [0.2, 0.25) is 0 Å². The van der Waals surface area contributed by atoms with Crippen LogP contribution in [0, 0.1) is 0 Å². The van der Waals surface area contributed by atoms with Gasteiger partial charge in [0.15, 0.2) is 0 Å². The van der Waals surface area contributed by atoms with Gasteiger partial charge in [0.25, 0.3) is 0 Å². The molecule has 0 unspecified atom stereocenters. The van der Waals surface area contributed by atoms with Crippen LogP contribution in [0.3, 0.4) is 0 Å². The predicted molar refractivity (Wildman–Crippen MR) is 211 cm³/mol. The summed E-state index contributed by atoms with van der Waals surface area (Å²) in [5, 5.41) is 3.88. The summed E-state index contributed by atoms with van der Waals surface area (Å²) in [6.07, 6.45) is 15.2. The number of hydrogen-bond donors (Lipinski definition) is 1.